The number of non-ortho nitro benzene ring substituents is 2. The molecule has 3 amide bonds. The number of nitro groups is 2. The maximum atomic E-state index is 13.5. The Balaban J connectivity index is 0.000000238. The second kappa shape index (κ2) is 23.0. The third kappa shape index (κ3) is 16.1. The smallest absolute Gasteiger partial charge is 0.419 e. The molecule has 0 bridgehead atoms. The van der Waals surface area contributed by atoms with Crippen molar-refractivity contribution in [2.45, 2.75) is 143 Å². The van der Waals surface area contributed by atoms with Gasteiger partial charge in [0.05, 0.1) is 43.4 Å². The minimum absolute atomic E-state index is 0.00406. The fourth-order valence-electron chi connectivity index (χ4n) is 7.62. The second-order valence-electron chi connectivity index (χ2n) is 22.8. The van der Waals surface area contributed by atoms with Gasteiger partial charge >= 0.3 is 30.3 Å². The molecule has 0 aliphatic heterocycles. The minimum atomic E-state index is -1.38. The number of fused-ring (bicyclic) bond motifs is 2. The molecule has 420 valence electrons. The summed E-state index contributed by atoms with van der Waals surface area (Å²) in [6.45, 7) is 20.6. The maximum absolute atomic E-state index is 13.5. The number of aromatic nitrogens is 2. The Labute approximate surface area is 455 Å². The second-order valence-corrected chi connectivity index (χ2v) is 22.8. The van der Waals surface area contributed by atoms with E-state index < -0.39 is 68.5 Å². The SMILES string of the molecule is CC(C)(C)OC(=O)Nc1ccc(-c2c(C(=O)NC3CC3)c3cc([N+](=O)[O-])ccc3n2C(=O)OC(C)(C)C)cc1.CC(C)(C)OC(=O)Nc1ccc(-c2c(C(=O)O)c3cc([N+](=O)[O-])ccc3n2C(=O)OC(C)(C)C)cc1.NC1CC1. The number of carboxylic acids is 1. The van der Waals surface area contributed by atoms with Crippen molar-refractivity contribution >= 4 is 80.8 Å². The van der Waals surface area contributed by atoms with Crippen molar-refractivity contribution < 1.29 is 62.7 Å². The van der Waals surface area contributed by atoms with Crippen LogP contribution in [0.3, 0.4) is 0 Å². The van der Waals surface area contributed by atoms with E-state index in [1.165, 1.54) is 72.0 Å². The van der Waals surface area contributed by atoms with Crippen LogP contribution in [0, 0.1) is 20.2 Å². The number of nitrogens with zero attached hydrogens (tertiary/aromatic N) is 4. The summed E-state index contributed by atoms with van der Waals surface area (Å²) in [7, 11) is 0. The van der Waals surface area contributed by atoms with E-state index in [0.717, 1.165) is 23.5 Å². The number of benzene rings is 4. The summed E-state index contributed by atoms with van der Waals surface area (Å²) >= 11 is 0. The van der Waals surface area contributed by atoms with Crippen molar-refractivity contribution in [1.82, 2.24) is 14.5 Å². The van der Waals surface area contributed by atoms with Crippen molar-refractivity contribution in [3.8, 4) is 22.5 Å². The van der Waals surface area contributed by atoms with Crippen LogP contribution in [-0.4, -0.2) is 94.8 Å². The quantitative estimate of drug-likeness (QED) is 0.0510. The first kappa shape index (κ1) is 59.4. The number of anilines is 2. The topological polar surface area (TPSA) is 318 Å². The highest BCUT2D eigenvalue weighted by atomic mass is 16.6. The lowest BCUT2D eigenvalue weighted by Gasteiger charge is -2.21. The third-order valence-corrected chi connectivity index (χ3v) is 11.1. The lowest BCUT2D eigenvalue weighted by atomic mass is 10.0. The Bertz CT molecular complexity index is 3340. The number of rotatable bonds is 9. The molecule has 0 radical (unpaired) electrons. The molecule has 2 fully saturated rings. The number of aromatic carboxylic acids is 1. The van der Waals surface area contributed by atoms with Crippen LogP contribution in [0.1, 0.15) is 129 Å². The fraction of sp³-hybridized carbons (Fsp3) is 0.393. The zero-order chi connectivity index (χ0) is 58.7. The number of carbonyl (C=O) groups is 6. The molecule has 4 aromatic carbocycles. The number of hydrogen-bond donors (Lipinski definition) is 5. The predicted octanol–water partition coefficient (Wildman–Crippen LogP) is 12.4. The standard InChI is InChI=1S/C28H32N4O7.C25H27N3O8.C3H7N/c1-27(2,3)38-25(34)30-18-9-7-16(8-10-18)23-22(24(33)29-17-11-12-17)20-15-19(32(36)37)13-14-21(20)31(23)26(35)39-28(4,5)6;1-24(2,3)35-22(31)26-15-9-7-14(8-10-15)20-19(21(29)30)17-13-16(28(33)34)11-12-18(17)27(20)23(32)36-25(4,5)6;4-3-1-2-3/h7-10,13-15,17H,11-12H2,1-6H3,(H,29,33)(H,30,34);7-13H,1-6H3,(H,26,31)(H,29,30);3H,1-2,4H2. The molecule has 79 heavy (non-hydrogen) atoms. The summed E-state index contributed by atoms with van der Waals surface area (Å²) < 4.78 is 24.1. The fourth-order valence-corrected chi connectivity index (χ4v) is 7.62. The molecule has 23 nitrogen and oxygen atoms in total. The number of ether oxygens (including phenoxy) is 4. The highest BCUT2D eigenvalue weighted by Gasteiger charge is 2.34. The molecular weight excluding hydrogens is 1020 g/mol. The molecule has 2 heterocycles. The zero-order valence-electron chi connectivity index (χ0n) is 46.1. The molecule has 0 unspecified atom stereocenters. The summed E-state index contributed by atoms with van der Waals surface area (Å²) in [6.07, 6.45) is 1.30. The zero-order valence-corrected chi connectivity index (χ0v) is 46.1. The maximum Gasteiger partial charge on any atom is 0.419 e. The molecule has 2 aliphatic rings. The molecular formula is C56H66N8O15. The van der Waals surface area contributed by atoms with Gasteiger partial charge in [0.15, 0.2) is 0 Å². The number of carbonyl (C=O) groups excluding carboxylic acids is 5. The molecule has 2 saturated carbocycles. The minimum Gasteiger partial charge on any atom is -0.478 e. The monoisotopic (exact) mass is 1090 g/mol. The van der Waals surface area contributed by atoms with E-state index in [-0.39, 0.29) is 56.2 Å². The Morgan fingerprint density at radius 2 is 0.886 bits per heavy atom. The molecule has 2 aromatic heterocycles. The normalized spacial score (nSPS) is 13.4. The van der Waals surface area contributed by atoms with E-state index in [9.17, 15) is 54.1 Å². The van der Waals surface area contributed by atoms with Crippen molar-refractivity contribution in [2.75, 3.05) is 10.6 Å². The van der Waals surface area contributed by atoms with Gasteiger partial charge in [-0.2, -0.15) is 0 Å². The molecule has 2 aliphatic carbocycles. The van der Waals surface area contributed by atoms with Gasteiger partial charge in [-0.25, -0.2) is 33.1 Å². The van der Waals surface area contributed by atoms with Crippen LogP contribution < -0.4 is 21.7 Å². The van der Waals surface area contributed by atoms with Crippen LogP contribution in [0.25, 0.3) is 44.3 Å². The number of nitrogens with one attached hydrogen (secondary N) is 3. The van der Waals surface area contributed by atoms with Crippen molar-refractivity contribution in [1.29, 1.82) is 0 Å². The van der Waals surface area contributed by atoms with Crippen LogP contribution in [-0.2, 0) is 18.9 Å². The Kier molecular flexibility index (Phi) is 17.3. The summed E-state index contributed by atoms with van der Waals surface area (Å²) in [4.78, 5) is 98.6. The number of carboxylic acid groups (broad SMARTS) is 1. The van der Waals surface area contributed by atoms with Crippen molar-refractivity contribution in [3.05, 3.63) is 116 Å². The summed E-state index contributed by atoms with van der Waals surface area (Å²) in [6, 6.07) is 20.8. The van der Waals surface area contributed by atoms with Gasteiger partial charge in [0.1, 0.15) is 22.4 Å². The molecule has 0 spiro atoms. The molecule has 6 aromatic rings. The van der Waals surface area contributed by atoms with E-state index >= 15 is 0 Å². The molecule has 23 heteroatoms. The predicted molar refractivity (Wildman–Crippen MR) is 296 cm³/mol. The Morgan fingerprint density at radius 3 is 1.19 bits per heavy atom. The highest BCUT2D eigenvalue weighted by Crippen LogP contribution is 2.39. The largest absolute Gasteiger partial charge is 0.478 e. The number of nitro benzene ring substituents is 2. The first-order valence-electron chi connectivity index (χ1n) is 25.2. The van der Waals surface area contributed by atoms with Gasteiger partial charge in [0, 0.05) is 58.5 Å². The molecule has 0 saturated heterocycles. The van der Waals surface area contributed by atoms with E-state index in [4.69, 9.17) is 24.7 Å². The van der Waals surface area contributed by atoms with E-state index in [1.807, 2.05) is 0 Å². The Hall–Kier alpha value is -8.86. The lowest BCUT2D eigenvalue weighted by Crippen LogP contribution is -2.28. The van der Waals surface area contributed by atoms with Crippen molar-refractivity contribution in [2.24, 2.45) is 5.73 Å². The number of nitrogens with two attached hydrogens (primary N) is 1. The molecule has 8 rings (SSSR count). The number of amides is 3. The van der Waals surface area contributed by atoms with Crippen LogP contribution >= 0.6 is 0 Å². The average molecular weight is 1090 g/mol. The van der Waals surface area contributed by atoms with Crippen molar-refractivity contribution in [3.63, 3.8) is 0 Å². The van der Waals surface area contributed by atoms with Gasteiger partial charge in [0.25, 0.3) is 17.3 Å². The average Bonchev–Trinajstić information content (AvgIpc) is 4.23. The third-order valence-electron chi connectivity index (χ3n) is 11.1. The van der Waals surface area contributed by atoms with Crippen LogP contribution in [0.15, 0.2) is 84.9 Å². The lowest BCUT2D eigenvalue weighted by molar-refractivity contribution is -0.384. The van der Waals surface area contributed by atoms with E-state index in [1.54, 1.807) is 107 Å². The highest BCUT2D eigenvalue weighted by molar-refractivity contribution is 6.16. The number of hydrogen-bond acceptors (Lipinski definition) is 15. The van der Waals surface area contributed by atoms with Gasteiger partial charge in [-0.15, -0.1) is 0 Å². The van der Waals surface area contributed by atoms with Gasteiger partial charge in [-0.3, -0.25) is 35.7 Å². The molecule has 6 N–H and O–H groups in total. The first-order chi connectivity index (χ1) is 36.6. The van der Waals surface area contributed by atoms with Crippen LogP contribution in [0.5, 0.6) is 0 Å². The first-order valence-corrected chi connectivity index (χ1v) is 25.2. The van der Waals surface area contributed by atoms with Crippen LogP contribution in [0.4, 0.5) is 41.9 Å². The van der Waals surface area contributed by atoms with Gasteiger partial charge in [0.2, 0.25) is 0 Å². The van der Waals surface area contributed by atoms with E-state index in [0.29, 0.717) is 34.1 Å². The summed E-state index contributed by atoms with van der Waals surface area (Å²) in [5.41, 5.74) is 3.63. The van der Waals surface area contributed by atoms with Gasteiger partial charge in [-0.1, -0.05) is 24.3 Å². The Morgan fingerprint density at radius 1 is 0.544 bits per heavy atom. The van der Waals surface area contributed by atoms with Crippen LogP contribution in [0.2, 0.25) is 0 Å². The van der Waals surface area contributed by atoms with Gasteiger partial charge < -0.3 is 35.1 Å². The summed E-state index contributed by atoms with van der Waals surface area (Å²) in [5.74, 6) is -1.83. The van der Waals surface area contributed by atoms with Gasteiger partial charge in [-0.05, 0) is 156 Å². The molecule has 0 atom stereocenters. The van der Waals surface area contributed by atoms with E-state index in [2.05, 4.69) is 16.0 Å². The summed E-state index contributed by atoms with van der Waals surface area (Å²) in [5, 5.41) is 41.4.